The molecule has 6 heteroatoms. The summed E-state index contributed by atoms with van der Waals surface area (Å²) in [5.74, 6) is 1.04. The molecule has 6 nitrogen and oxygen atoms in total. The maximum absolute atomic E-state index is 13.1. The number of carbonyl (C=O) groups excluding carboxylic acids is 2. The van der Waals surface area contributed by atoms with E-state index < -0.39 is 6.04 Å². The molecule has 0 saturated heterocycles. The Balaban J connectivity index is 1.71. The molecule has 0 spiro atoms. The van der Waals surface area contributed by atoms with Crippen molar-refractivity contribution >= 4 is 11.8 Å². The van der Waals surface area contributed by atoms with Crippen molar-refractivity contribution < 1.29 is 19.1 Å². The van der Waals surface area contributed by atoms with Crippen LogP contribution in [0.5, 0.6) is 11.5 Å². The first-order valence-electron chi connectivity index (χ1n) is 10.9. The van der Waals surface area contributed by atoms with Gasteiger partial charge in [0.2, 0.25) is 5.91 Å². The van der Waals surface area contributed by atoms with Gasteiger partial charge in [-0.25, -0.2) is 0 Å². The number of benzene rings is 2. The Bertz CT molecular complexity index is 875. The van der Waals surface area contributed by atoms with Crippen LogP contribution in [0.3, 0.4) is 0 Å². The zero-order valence-corrected chi connectivity index (χ0v) is 18.6. The minimum Gasteiger partial charge on any atom is -0.497 e. The Morgan fingerprint density at radius 1 is 1.10 bits per heavy atom. The fraction of sp³-hybridized carbons (Fsp3) is 0.440. The third kappa shape index (κ3) is 6.48. The standard InChI is InChI=1S/C25H32N2O4/c1-18-7-6-10-23(15-18)31-17-24(28)27(16-20-11-13-22(30-3)14-12-20)19(2)25(29)26-21-8-4-5-9-21/h6-7,10-15,19,21H,4-5,8-9,16-17H2,1-3H3,(H,26,29)/t19-/m1/s1. The Kier molecular flexibility index (Phi) is 7.93. The van der Waals surface area contributed by atoms with Crippen molar-refractivity contribution in [2.75, 3.05) is 13.7 Å². The number of carbonyl (C=O) groups is 2. The summed E-state index contributed by atoms with van der Waals surface area (Å²) in [6.45, 7) is 3.94. The lowest BCUT2D eigenvalue weighted by atomic mass is 10.1. The van der Waals surface area contributed by atoms with E-state index in [9.17, 15) is 9.59 Å². The summed E-state index contributed by atoms with van der Waals surface area (Å²) in [7, 11) is 1.61. The number of ether oxygens (including phenoxy) is 2. The lowest BCUT2D eigenvalue weighted by Gasteiger charge is -2.29. The van der Waals surface area contributed by atoms with Gasteiger partial charge in [-0.1, -0.05) is 37.1 Å². The first-order valence-corrected chi connectivity index (χ1v) is 10.9. The molecule has 0 radical (unpaired) electrons. The van der Waals surface area contributed by atoms with Crippen LogP contribution in [0.25, 0.3) is 0 Å². The zero-order chi connectivity index (χ0) is 22.2. The average molecular weight is 425 g/mol. The van der Waals surface area contributed by atoms with Crippen molar-refractivity contribution in [1.82, 2.24) is 10.2 Å². The van der Waals surface area contributed by atoms with Crippen LogP contribution in [0, 0.1) is 6.92 Å². The highest BCUT2D eigenvalue weighted by Gasteiger charge is 2.28. The first-order chi connectivity index (χ1) is 15.0. The zero-order valence-electron chi connectivity index (χ0n) is 18.6. The molecule has 3 rings (SSSR count). The molecule has 2 aromatic carbocycles. The van der Waals surface area contributed by atoms with Crippen molar-refractivity contribution in [1.29, 1.82) is 0 Å². The van der Waals surface area contributed by atoms with Gasteiger partial charge in [0.25, 0.3) is 5.91 Å². The van der Waals surface area contributed by atoms with Crippen molar-refractivity contribution in [2.45, 2.75) is 58.2 Å². The van der Waals surface area contributed by atoms with Gasteiger partial charge < -0.3 is 19.7 Å². The normalized spacial score (nSPS) is 14.7. The predicted octanol–water partition coefficient (Wildman–Crippen LogP) is 3.86. The molecule has 1 N–H and O–H groups in total. The van der Waals surface area contributed by atoms with E-state index in [-0.39, 0.29) is 24.5 Å². The monoisotopic (exact) mass is 424 g/mol. The maximum atomic E-state index is 13.1. The first kappa shape index (κ1) is 22.7. The van der Waals surface area contributed by atoms with E-state index in [1.165, 1.54) is 0 Å². The van der Waals surface area contributed by atoms with Gasteiger partial charge in [-0.05, 0) is 62.1 Å². The van der Waals surface area contributed by atoms with Gasteiger partial charge in [-0.3, -0.25) is 9.59 Å². The van der Waals surface area contributed by atoms with Crippen LogP contribution >= 0.6 is 0 Å². The number of methoxy groups -OCH3 is 1. The quantitative estimate of drug-likeness (QED) is 0.664. The Morgan fingerprint density at radius 2 is 1.81 bits per heavy atom. The van der Waals surface area contributed by atoms with Crippen molar-refractivity contribution in [3.8, 4) is 11.5 Å². The molecule has 31 heavy (non-hydrogen) atoms. The number of amides is 2. The summed E-state index contributed by atoms with van der Waals surface area (Å²) in [5, 5.41) is 3.11. The van der Waals surface area contributed by atoms with Crippen molar-refractivity contribution in [2.24, 2.45) is 0 Å². The number of hydrogen-bond acceptors (Lipinski definition) is 4. The second-order valence-corrected chi connectivity index (χ2v) is 8.14. The molecule has 0 unspecified atom stereocenters. The topological polar surface area (TPSA) is 67.9 Å². The number of nitrogens with zero attached hydrogens (tertiary/aromatic N) is 1. The fourth-order valence-electron chi connectivity index (χ4n) is 3.84. The summed E-state index contributed by atoms with van der Waals surface area (Å²) in [4.78, 5) is 27.6. The van der Waals surface area contributed by atoms with Crippen LogP contribution in [-0.4, -0.2) is 42.5 Å². The summed E-state index contributed by atoms with van der Waals surface area (Å²) in [5.41, 5.74) is 1.98. The van der Waals surface area contributed by atoms with Gasteiger partial charge in [-0.15, -0.1) is 0 Å². The van der Waals surface area contributed by atoms with E-state index in [2.05, 4.69) is 5.32 Å². The summed E-state index contributed by atoms with van der Waals surface area (Å²) in [6.07, 6.45) is 4.28. The molecule has 0 bridgehead atoms. The summed E-state index contributed by atoms with van der Waals surface area (Å²) >= 11 is 0. The molecule has 0 heterocycles. The molecule has 1 saturated carbocycles. The van der Waals surface area contributed by atoms with Gasteiger partial charge in [0.15, 0.2) is 6.61 Å². The van der Waals surface area contributed by atoms with E-state index in [0.717, 1.165) is 42.6 Å². The van der Waals surface area contributed by atoms with E-state index in [1.807, 2.05) is 55.5 Å². The molecule has 1 aliphatic carbocycles. The van der Waals surface area contributed by atoms with Gasteiger partial charge in [0.05, 0.1) is 7.11 Å². The van der Waals surface area contributed by atoms with Crippen LogP contribution in [0.15, 0.2) is 48.5 Å². The van der Waals surface area contributed by atoms with Gasteiger partial charge >= 0.3 is 0 Å². The summed E-state index contributed by atoms with van der Waals surface area (Å²) < 4.78 is 10.9. The van der Waals surface area contributed by atoms with Crippen LogP contribution in [-0.2, 0) is 16.1 Å². The Morgan fingerprint density at radius 3 is 2.45 bits per heavy atom. The molecule has 2 amide bonds. The highest BCUT2D eigenvalue weighted by Crippen LogP contribution is 2.19. The smallest absolute Gasteiger partial charge is 0.261 e. The van der Waals surface area contributed by atoms with E-state index in [4.69, 9.17) is 9.47 Å². The minimum atomic E-state index is -0.601. The minimum absolute atomic E-state index is 0.121. The molecule has 2 aromatic rings. The Labute approximate surface area is 184 Å². The highest BCUT2D eigenvalue weighted by molar-refractivity contribution is 5.88. The summed E-state index contributed by atoms with van der Waals surface area (Å²) in [6, 6.07) is 14.7. The predicted molar refractivity (Wildman–Crippen MR) is 120 cm³/mol. The number of hydrogen-bond donors (Lipinski definition) is 1. The second kappa shape index (κ2) is 10.8. The highest BCUT2D eigenvalue weighted by atomic mass is 16.5. The SMILES string of the molecule is COc1ccc(CN(C(=O)COc2cccc(C)c2)[C@H](C)C(=O)NC2CCCC2)cc1. The average Bonchev–Trinajstić information content (AvgIpc) is 3.29. The van der Waals surface area contributed by atoms with Crippen molar-refractivity contribution in [3.63, 3.8) is 0 Å². The van der Waals surface area contributed by atoms with Crippen LogP contribution < -0.4 is 14.8 Å². The molecular weight excluding hydrogens is 392 g/mol. The molecule has 0 aliphatic heterocycles. The lowest BCUT2D eigenvalue weighted by Crippen LogP contribution is -2.50. The largest absolute Gasteiger partial charge is 0.497 e. The van der Waals surface area contributed by atoms with Gasteiger partial charge in [-0.2, -0.15) is 0 Å². The fourth-order valence-corrected chi connectivity index (χ4v) is 3.84. The van der Waals surface area contributed by atoms with Gasteiger partial charge in [0, 0.05) is 12.6 Å². The lowest BCUT2D eigenvalue weighted by molar-refractivity contribution is -0.142. The van der Waals surface area contributed by atoms with Gasteiger partial charge in [0.1, 0.15) is 17.5 Å². The van der Waals surface area contributed by atoms with E-state index in [0.29, 0.717) is 12.3 Å². The maximum Gasteiger partial charge on any atom is 0.261 e. The third-order valence-corrected chi connectivity index (χ3v) is 5.73. The van der Waals surface area contributed by atoms with Crippen molar-refractivity contribution in [3.05, 3.63) is 59.7 Å². The number of rotatable bonds is 9. The molecule has 1 atom stereocenters. The molecule has 1 fully saturated rings. The second-order valence-electron chi connectivity index (χ2n) is 8.14. The number of aryl methyl sites for hydroxylation is 1. The third-order valence-electron chi connectivity index (χ3n) is 5.73. The number of nitrogens with one attached hydrogen (secondary N) is 1. The Hall–Kier alpha value is -3.02. The molecule has 0 aromatic heterocycles. The van der Waals surface area contributed by atoms with E-state index in [1.54, 1.807) is 18.9 Å². The van der Waals surface area contributed by atoms with E-state index >= 15 is 0 Å². The van der Waals surface area contributed by atoms with Crippen LogP contribution in [0.2, 0.25) is 0 Å². The van der Waals surface area contributed by atoms with Crippen LogP contribution in [0.1, 0.15) is 43.7 Å². The molecule has 1 aliphatic rings. The molecular formula is C25H32N2O4. The molecule has 166 valence electrons. The van der Waals surface area contributed by atoms with Crippen LogP contribution in [0.4, 0.5) is 0 Å².